The Balaban J connectivity index is 1.46. The van der Waals surface area contributed by atoms with E-state index in [9.17, 15) is 9.90 Å². The van der Waals surface area contributed by atoms with Crippen molar-refractivity contribution in [3.63, 3.8) is 0 Å². The molecule has 4 heteroatoms. The van der Waals surface area contributed by atoms with E-state index >= 15 is 0 Å². The first-order valence-corrected chi connectivity index (χ1v) is 10.9. The molecule has 0 aliphatic heterocycles. The van der Waals surface area contributed by atoms with Gasteiger partial charge in [-0.15, -0.1) is 11.3 Å². The average molecular weight is 407 g/mol. The predicted molar refractivity (Wildman–Crippen MR) is 118 cm³/mol. The molecular formula is C25H26O3S. The molecule has 1 atom stereocenters. The van der Waals surface area contributed by atoms with Crippen LogP contribution in [0.1, 0.15) is 46.7 Å². The number of aryl methyl sites for hydroxylation is 2. The number of ether oxygens (including phenoxy) is 1. The fourth-order valence-electron chi connectivity index (χ4n) is 4.04. The maximum atomic E-state index is 11.2. The van der Waals surface area contributed by atoms with E-state index in [1.807, 2.05) is 12.1 Å². The summed E-state index contributed by atoms with van der Waals surface area (Å²) in [5.41, 5.74) is 6.17. The standard InChI is InChI=1S/C25H26O3S/c1-16-5-3-6-17(2)25(16)20-8-4-7-18(13-20)15-28-24-12-11-22(29-24)21(14-23(26)27)19-9-10-19/h3-8,11-13,19,21H,9-10,14-15H2,1-2H3,(H,26,27). The van der Waals surface area contributed by atoms with Gasteiger partial charge in [-0.05, 0) is 78.6 Å². The molecule has 1 N–H and O–H groups in total. The number of hydrogen-bond donors (Lipinski definition) is 1. The number of aliphatic carboxylic acids is 1. The number of hydrogen-bond acceptors (Lipinski definition) is 3. The van der Waals surface area contributed by atoms with Gasteiger partial charge in [0.05, 0.1) is 6.42 Å². The molecular weight excluding hydrogens is 380 g/mol. The molecule has 1 fully saturated rings. The van der Waals surface area contributed by atoms with Crippen LogP contribution >= 0.6 is 11.3 Å². The summed E-state index contributed by atoms with van der Waals surface area (Å²) >= 11 is 1.59. The number of carbonyl (C=O) groups is 1. The van der Waals surface area contributed by atoms with E-state index in [1.54, 1.807) is 11.3 Å². The van der Waals surface area contributed by atoms with Crippen molar-refractivity contribution in [1.82, 2.24) is 0 Å². The van der Waals surface area contributed by atoms with E-state index in [0.29, 0.717) is 12.5 Å². The zero-order valence-electron chi connectivity index (χ0n) is 16.9. The Kier molecular flexibility index (Phi) is 5.72. The third-order valence-electron chi connectivity index (χ3n) is 5.63. The molecule has 1 saturated carbocycles. The molecule has 0 saturated heterocycles. The lowest BCUT2D eigenvalue weighted by molar-refractivity contribution is -0.137. The minimum absolute atomic E-state index is 0.127. The van der Waals surface area contributed by atoms with Crippen LogP contribution in [0, 0.1) is 19.8 Å². The second kappa shape index (κ2) is 8.42. The molecule has 0 radical (unpaired) electrons. The van der Waals surface area contributed by atoms with Gasteiger partial charge in [-0.2, -0.15) is 0 Å². The summed E-state index contributed by atoms with van der Waals surface area (Å²) in [5.74, 6) is -0.0741. The van der Waals surface area contributed by atoms with Gasteiger partial charge in [0, 0.05) is 10.8 Å². The summed E-state index contributed by atoms with van der Waals surface area (Å²) in [6.45, 7) is 4.80. The maximum absolute atomic E-state index is 11.2. The van der Waals surface area contributed by atoms with Crippen LogP contribution in [0.2, 0.25) is 0 Å². The highest BCUT2D eigenvalue weighted by Gasteiger charge is 2.34. The van der Waals surface area contributed by atoms with Crippen LogP contribution in [0.25, 0.3) is 11.1 Å². The maximum Gasteiger partial charge on any atom is 0.304 e. The number of carboxylic acids is 1. The summed E-state index contributed by atoms with van der Waals surface area (Å²) in [5, 5.41) is 10.1. The minimum Gasteiger partial charge on any atom is -0.481 e. The second-order valence-electron chi connectivity index (χ2n) is 7.95. The molecule has 29 heavy (non-hydrogen) atoms. The van der Waals surface area contributed by atoms with Gasteiger partial charge >= 0.3 is 5.97 Å². The first-order chi connectivity index (χ1) is 14.0. The van der Waals surface area contributed by atoms with Crippen molar-refractivity contribution in [3.05, 3.63) is 76.2 Å². The van der Waals surface area contributed by atoms with Gasteiger partial charge in [0.15, 0.2) is 5.06 Å². The number of thiophene rings is 1. The van der Waals surface area contributed by atoms with Crippen LogP contribution in [0.15, 0.2) is 54.6 Å². The Bertz CT molecular complexity index is 996. The van der Waals surface area contributed by atoms with Crippen LogP contribution in [0.4, 0.5) is 0 Å². The zero-order chi connectivity index (χ0) is 20.4. The van der Waals surface area contributed by atoms with Gasteiger partial charge in [0.25, 0.3) is 0 Å². The van der Waals surface area contributed by atoms with Gasteiger partial charge in [0.2, 0.25) is 0 Å². The van der Waals surface area contributed by atoms with Crippen molar-refractivity contribution in [2.24, 2.45) is 5.92 Å². The van der Waals surface area contributed by atoms with Gasteiger partial charge in [-0.25, -0.2) is 0 Å². The molecule has 0 amide bonds. The Morgan fingerprint density at radius 2 is 1.83 bits per heavy atom. The summed E-state index contributed by atoms with van der Waals surface area (Å²) in [6, 6.07) is 18.9. The van der Waals surface area contributed by atoms with E-state index in [2.05, 4.69) is 56.3 Å². The molecule has 0 spiro atoms. The largest absolute Gasteiger partial charge is 0.481 e. The lowest BCUT2D eigenvalue weighted by Gasteiger charge is -2.12. The summed E-state index contributed by atoms with van der Waals surface area (Å²) in [7, 11) is 0. The van der Waals surface area contributed by atoms with Crippen molar-refractivity contribution in [2.75, 3.05) is 0 Å². The molecule has 3 nitrogen and oxygen atoms in total. The number of benzene rings is 2. The molecule has 1 aromatic heterocycles. The molecule has 2 aromatic carbocycles. The van der Waals surface area contributed by atoms with Gasteiger partial charge in [-0.3, -0.25) is 4.79 Å². The van der Waals surface area contributed by atoms with Crippen LogP contribution in [0.3, 0.4) is 0 Å². The highest BCUT2D eigenvalue weighted by molar-refractivity contribution is 7.13. The van der Waals surface area contributed by atoms with Crippen LogP contribution in [-0.4, -0.2) is 11.1 Å². The number of carboxylic acid groups (broad SMARTS) is 1. The number of rotatable bonds is 8. The van der Waals surface area contributed by atoms with Gasteiger partial charge < -0.3 is 9.84 Å². The van der Waals surface area contributed by atoms with E-state index in [4.69, 9.17) is 4.74 Å². The molecule has 1 unspecified atom stereocenters. The van der Waals surface area contributed by atoms with Crippen molar-refractivity contribution >= 4 is 17.3 Å². The van der Waals surface area contributed by atoms with Crippen molar-refractivity contribution in [2.45, 2.75) is 45.6 Å². The van der Waals surface area contributed by atoms with E-state index in [0.717, 1.165) is 28.3 Å². The molecule has 150 valence electrons. The predicted octanol–water partition coefficient (Wildman–Crippen LogP) is 6.58. The Hall–Kier alpha value is -2.59. The first-order valence-electron chi connectivity index (χ1n) is 10.1. The van der Waals surface area contributed by atoms with E-state index in [1.165, 1.54) is 22.3 Å². The van der Waals surface area contributed by atoms with Crippen LogP contribution in [0.5, 0.6) is 5.06 Å². The smallest absolute Gasteiger partial charge is 0.304 e. The monoisotopic (exact) mass is 406 g/mol. The van der Waals surface area contributed by atoms with Crippen LogP contribution < -0.4 is 4.74 Å². The minimum atomic E-state index is -0.721. The van der Waals surface area contributed by atoms with E-state index < -0.39 is 5.97 Å². The lowest BCUT2D eigenvalue weighted by Crippen LogP contribution is -2.06. The second-order valence-corrected chi connectivity index (χ2v) is 9.03. The highest BCUT2D eigenvalue weighted by atomic mass is 32.1. The highest BCUT2D eigenvalue weighted by Crippen LogP contribution is 2.47. The topological polar surface area (TPSA) is 46.5 Å². The molecule has 1 aliphatic rings. The first kappa shape index (κ1) is 19.7. The van der Waals surface area contributed by atoms with Crippen molar-refractivity contribution < 1.29 is 14.6 Å². The summed E-state index contributed by atoms with van der Waals surface area (Å²) in [4.78, 5) is 12.3. The van der Waals surface area contributed by atoms with Crippen LogP contribution in [-0.2, 0) is 11.4 Å². The molecule has 0 bridgehead atoms. The van der Waals surface area contributed by atoms with Crippen molar-refractivity contribution in [1.29, 1.82) is 0 Å². The lowest BCUT2D eigenvalue weighted by atomic mass is 9.95. The molecule has 4 rings (SSSR count). The average Bonchev–Trinajstić information content (AvgIpc) is 3.42. The third-order valence-corrected chi connectivity index (χ3v) is 6.76. The Labute approximate surface area is 176 Å². The third kappa shape index (κ3) is 4.70. The molecule has 1 aliphatic carbocycles. The fraction of sp³-hybridized carbons (Fsp3) is 0.320. The summed E-state index contributed by atoms with van der Waals surface area (Å²) < 4.78 is 6.05. The SMILES string of the molecule is Cc1cccc(C)c1-c1cccc(COc2ccc(C(CC(=O)O)C3CC3)s2)c1. The summed E-state index contributed by atoms with van der Waals surface area (Å²) in [6.07, 6.45) is 2.48. The fourth-order valence-corrected chi connectivity index (χ4v) is 5.09. The van der Waals surface area contributed by atoms with Gasteiger partial charge in [0.1, 0.15) is 6.61 Å². The molecule has 1 heterocycles. The molecule has 3 aromatic rings. The normalized spacial score (nSPS) is 14.6. The Morgan fingerprint density at radius 3 is 2.52 bits per heavy atom. The quantitative estimate of drug-likeness (QED) is 0.460. The van der Waals surface area contributed by atoms with Crippen molar-refractivity contribution in [3.8, 4) is 16.2 Å². The van der Waals surface area contributed by atoms with E-state index in [-0.39, 0.29) is 12.3 Å². The zero-order valence-corrected chi connectivity index (χ0v) is 17.7. The Morgan fingerprint density at radius 1 is 1.10 bits per heavy atom. The van der Waals surface area contributed by atoms with Gasteiger partial charge in [-0.1, -0.05) is 36.4 Å².